The van der Waals surface area contributed by atoms with E-state index in [-0.39, 0.29) is 12.3 Å². The second kappa shape index (κ2) is 8.70. The van der Waals surface area contributed by atoms with Crippen molar-refractivity contribution in [3.8, 4) is 0 Å². The van der Waals surface area contributed by atoms with E-state index in [1.54, 1.807) is 38.3 Å². The zero-order chi connectivity index (χ0) is 15.7. The van der Waals surface area contributed by atoms with Crippen LogP contribution in [0.5, 0.6) is 0 Å². The van der Waals surface area contributed by atoms with E-state index in [2.05, 4.69) is 15.8 Å². The summed E-state index contributed by atoms with van der Waals surface area (Å²) < 4.78 is 4.82. The average Bonchev–Trinajstić information content (AvgIpc) is 2.45. The fourth-order valence-corrected chi connectivity index (χ4v) is 1.54. The summed E-state index contributed by atoms with van der Waals surface area (Å²) in [6.07, 6.45) is 0.105. The number of methoxy groups -OCH3 is 1. The minimum Gasteiger partial charge on any atom is -0.398 e. The van der Waals surface area contributed by atoms with E-state index in [1.807, 2.05) is 0 Å². The van der Waals surface area contributed by atoms with Crippen LogP contribution in [-0.2, 0) is 9.53 Å². The van der Waals surface area contributed by atoms with Gasteiger partial charge in [0.05, 0.1) is 18.6 Å². The number of carbonyl (C=O) groups is 2. The number of anilines is 1. The number of ether oxygens (including phenoxy) is 1. The number of hydrogen-bond donors (Lipinski definition) is 3. The molecule has 0 bridgehead atoms. The Balaban J connectivity index is 2.46. The minimum atomic E-state index is -0.410. The highest BCUT2D eigenvalue weighted by Crippen LogP contribution is 2.09. The van der Waals surface area contributed by atoms with Gasteiger partial charge in [-0.25, -0.2) is 5.43 Å². The van der Waals surface area contributed by atoms with Gasteiger partial charge in [0.15, 0.2) is 0 Å². The number of hydrazone groups is 1. The molecule has 0 aliphatic rings. The third-order valence-corrected chi connectivity index (χ3v) is 2.60. The van der Waals surface area contributed by atoms with E-state index in [4.69, 9.17) is 10.5 Å². The van der Waals surface area contributed by atoms with Crippen LogP contribution >= 0.6 is 0 Å². The largest absolute Gasteiger partial charge is 0.398 e. The zero-order valence-electron chi connectivity index (χ0n) is 12.2. The SMILES string of the molecule is COCCNC(=O)C/C(C)=N/NC(=O)c1ccccc1N. The van der Waals surface area contributed by atoms with Crippen LogP contribution in [-0.4, -0.2) is 37.8 Å². The third kappa shape index (κ3) is 6.05. The second-order valence-electron chi connectivity index (χ2n) is 4.39. The number of nitrogen functional groups attached to an aromatic ring is 1. The molecule has 4 N–H and O–H groups in total. The molecule has 21 heavy (non-hydrogen) atoms. The summed E-state index contributed by atoms with van der Waals surface area (Å²) in [5, 5.41) is 6.54. The van der Waals surface area contributed by atoms with E-state index in [1.165, 1.54) is 0 Å². The molecule has 7 nitrogen and oxygen atoms in total. The summed E-state index contributed by atoms with van der Waals surface area (Å²) in [5.74, 6) is -0.589. The van der Waals surface area contributed by atoms with Crippen LogP contribution in [0.15, 0.2) is 29.4 Å². The third-order valence-electron chi connectivity index (χ3n) is 2.60. The highest BCUT2D eigenvalue weighted by Gasteiger charge is 2.08. The number of hydrogen-bond acceptors (Lipinski definition) is 5. The Morgan fingerprint density at radius 1 is 1.33 bits per heavy atom. The van der Waals surface area contributed by atoms with Gasteiger partial charge in [0, 0.05) is 25.1 Å². The lowest BCUT2D eigenvalue weighted by atomic mass is 10.2. The molecule has 0 aromatic heterocycles. The number of carbonyl (C=O) groups excluding carboxylic acids is 2. The van der Waals surface area contributed by atoms with Gasteiger partial charge < -0.3 is 15.8 Å². The maximum Gasteiger partial charge on any atom is 0.273 e. The van der Waals surface area contributed by atoms with Crippen molar-refractivity contribution >= 4 is 23.2 Å². The molecule has 0 atom stereocenters. The van der Waals surface area contributed by atoms with Crippen molar-refractivity contribution in [1.29, 1.82) is 0 Å². The zero-order valence-corrected chi connectivity index (χ0v) is 12.2. The van der Waals surface area contributed by atoms with Crippen molar-refractivity contribution in [2.24, 2.45) is 5.10 Å². The summed E-state index contributed by atoms with van der Waals surface area (Å²) in [7, 11) is 1.56. The first-order valence-electron chi connectivity index (χ1n) is 6.48. The number of nitrogens with one attached hydrogen (secondary N) is 2. The lowest BCUT2D eigenvalue weighted by Crippen LogP contribution is -2.29. The Bertz CT molecular complexity index is 529. The summed E-state index contributed by atoms with van der Waals surface area (Å²) >= 11 is 0. The Morgan fingerprint density at radius 2 is 2.05 bits per heavy atom. The molecule has 0 fully saturated rings. The maximum absolute atomic E-state index is 11.9. The number of amides is 2. The van der Waals surface area contributed by atoms with Gasteiger partial charge in [0.2, 0.25) is 5.91 Å². The Morgan fingerprint density at radius 3 is 2.71 bits per heavy atom. The summed E-state index contributed by atoms with van der Waals surface area (Å²) in [6, 6.07) is 6.69. The molecule has 0 heterocycles. The number of para-hydroxylation sites is 1. The van der Waals surface area contributed by atoms with Gasteiger partial charge in [-0.1, -0.05) is 12.1 Å². The monoisotopic (exact) mass is 292 g/mol. The van der Waals surface area contributed by atoms with Gasteiger partial charge in [-0.2, -0.15) is 5.10 Å². The van der Waals surface area contributed by atoms with Gasteiger partial charge in [0.1, 0.15) is 0 Å². The number of benzene rings is 1. The van der Waals surface area contributed by atoms with Crippen LogP contribution in [0.3, 0.4) is 0 Å². The number of nitrogens with two attached hydrogens (primary N) is 1. The molecule has 0 radical (unpaired) electrons. The van der Waals surface area contributed by atoms with E-state index >= 15 is 0 Å². The van der Waals surface area contributed by atoms with Crippen LogP contribution in [0, 0.1) is 0 Å². The van der Waals surface area contributed by atoms with Crippen molar-refractivity contribution in [2.75, 3.05) is 26.0 Å². The standard InChI is InChI=1S/C14H20N4O3/c1-10(9-13(19)16-7-8-21-2)17-18-14(20)11-5-3-4-6-12(11)15/h3-6H,7-9,15H2,1-2H3,(H,16,19)(H,18,20)/b17-10+. The van der Waals surface area contributed by atoms with E-state index in [9.17, 15) is 9.59 Å². The lowest BCUT2D eigenvalue weighted by Gasteiger charge is -2.06. The highest BCUT2D eigenvalue weighted by molar-refractivity contribution is 6.02. The van der Waals surface area contributed by atoms with Crippen molar-refractivity contribution in [1.82, 2.24) is 10.7 Å². The molecule has 1 aromatic carbocycles. The molecular formula is C14H20N4O3. The van der Waals surface area contributed by atoms with Crippen LogP contribution in [0.1, 0.15) is 23.7 Å². The molecule has 7 heteroatoms. The van der Waals surface area contributed by atoms with Gasteiger partial charge >= 0.3 is 0 Å². The second-order valence-corrected chi connectivity index (χ2v) is 4.39. The van der Waals surface area contributed by atoms with Crippen LogP contribution in [0.4, 0.5) is 5.69 Å². The molecular weight excluding hydrogens is 272 g/mol. The Hall–Kier alpha value is -2.41. The molecule has 114 valence electrons. The molecule has 2 amide bonds. The number of nitrogens with zero attached hydrogens (tertiary/aromatic N) is 1. The molecule has 0 aliphatic heterocycles. The van der Waals surface area contributed by atoms with Crippen molar-refractivity contribution in [3.05, 3.63) is 29.8 Å². The first kappa shape index (κ1) is 16.6. The Labute approximate surface area is 123 Å². The molecule has 0 unspecified atom stereocenters. The molecule has 0 saturated heterocycles. The smallest absolute Gasteiger partial charge is 0.273 e. The van der Waals surface area contributed by atoms with Gasteiger partial charge in [0.25, 0.3) is 5.91 Å². The maximum atomic E-state index is 11.9. The first-order chi connectivity index (χ1) is 10.0. The highest BCUT2D eigenvalue weighted by atomic mass is 16.5. The first-order valence-corrected chi connectivity index (χ1v) is 6.48. The van der Waals surface area contributed by atoms with Crippen molar-refractivity contribution in [3.63, 3.8) is 0 Å². The fourth-order valence-electron chi connectivity index (χ4n) is 1.54. The predicted molar refractivity (Wildman–Crippen MR) is 80.9 cm³/mol. The average molecular weight is 292 g/mol. The molecule has 0 aliphatic carbocycles. The van der Waals surface area contributed by atoms with Gasteiger partial charge in [-0.05, 0) is 19.1 Å². The lowest BCUT2D eigenvalue weighted by molar-refractivity contribution is -0.120. The predicted octanol–water partition coefficient (Wildman–Crippen LogP) is 0.527. The van der Waals surface area contributed by atoms with E-state index in [0.717, 1.165) is 0 Å². The van der Waals surface area contributed by atoms with Gasteiger partial charge in [-0.15, -0.1) is 0 Å². The Kier molecular flexibility index (Phi) is 6.90. The summed E-state index contributed by atoms with van der Waals surface area (Å²) in [4.78, 5) is 23.4. The topological polar surface area (TPSA) is 106 Å². The molecule has 0 spiro atoms. The van der Waals surface area contributed by atoms with E-state index in [0.29, 0.717) is 30.1 Å². The normalized spacial score (nSPS) is 11.0. The van der Waals surface area contributed by atoms with Crippen molar-refractivity contribution < 1.29 is 14.3 Å². The molecule has 1 aromatic rings. The summed E-state index contributed by atoms with van der Waals surface area (Å²) in [5.41, 5.74) is 9.28. The van der Waals surface area contributed by atoms with Crippen molar-refractivity contribution in [2.45, 2.75) is 13.3 Å². The number of rotatable bonds is 7. The van der Waals surface area contributed by atoms with Crippen LogP contribution in [0.2, 0.25) is 0 Å². The van der Waals surface area contributed by atoms with Crippen LogP contribution in [0.25, 0.3) is 0 Å². The van der Waals surface area contributed by atoms with E-state index < -0.39 is 5.91 Å². The van der Waals surface area contributed by atoms with Crippen LogP contribution < -0.4 is 16.5 Å². The molecule has 0 saturated carbocycles. The fraction of sp³-hybridized carbons (Fsp3) is 0.357. The minimum absolute atomic E-state index is 0.105. The van der Waals surface area contributed by atoms with Gasteiger partial charge in [-0.3, -0.25) is 9.59 Å². The molecule has 1 rings (SSSR count). The quantitative estimate of drug-likeness (QED) is 0.295. The summed E-state index contributed by atoms with van der Waals surface area (Å²) in [6.45, 7) is 2.55.